The summed E-state index contributed by atoms with van der Waals surface area (Å²) in [5.41, 5.74) is 2.97. The van der Waals surface area contributed by atoms with Gasteiger partial charge in [-0.3, -0.25) is 9.59 Å². The molecule has 0 radical (unpaired) electrons. The summed E-state index contributed by atoms with van der Waals surface area (Å²) in [4.78, 5) is 32.5. The monoisotopic (exact) mass is 419 g/mol. The Morgan fingerprint density at radius 1 is 1.17 bits per heavy atom. The molecule has 0 aliphatic carbocycles. The van der Waals surface area contributed by atoms with E-state index in [1.807, 2.05) is 24.4 Å². The maximum Gasteiger partial charge on any atom is 0.256 e. The fourth-order valence-corrected chi connectivity index (χ4v) is 3.90. The van der Waals surface area contributed by atoms with E-state index in [0.717, 1.165) is 10.6 Å². The molecule has 152 valence electrons. The van der Waals surface area contributed by atoms with E-state index in [1.165, 1.54) is 4.90 Å². The summed E-state index contributed by atoms with van der Waals surface area (Å²) >= 11 is 1.65. The first-order valence-corrected chi connectivity index (χ1v) is 10.3. The second-order valence-electron chi connectivity index (χ2n) is 7.16. The molecule has 2 amide bonds. The number of fused-ring (bicyclic) bond motifs is 1. The minimum Gasteiger partial charge on any atom is -0.345 e. The van der Waals surface area contributed by atoms with Crippen LogP contribution in [0.1, 0.15) is 31.3 Å². The van der Waals surface area contributed by atoms with Gasteiger partial charge in [-0.05, 0) is 42.6 Å². The molecule has 3 heterocycles. The van der Waals surface area contributed by atoms with Gasteiger partial charge in [0.2, 0.25) is 0 Å². The van der Waals surface area contributed by atoms with Gasteiger partial charge >= 0.3 is 0 Å². The van der Waals surface area contributed by atoms with Crippen molar-refractivity contribution in [2.75, 3.05) is 19.4 Å². The topological polar surface area (TPSA) is 80.1 Å². The highest BCUT2D eigenvalue weighted by Crippen LogP contribution is 2.22. The molecule has 4 aromatic rings. The van der Waals surface area contributed by atoms with Gasteiger partial charge in [-0.15, -0.1) is 11.3 Å². The number of carbonyl (C=O) groups is 2. The summed E-state index contributed by atoms with van der Waals surface area (Å²) in [6.07, 6.45) is 1.68. The second-order valence-corrected chi connectivity index (χ2v) is 8.20. The number of benzene rings is 1. The number of amides is 2. The van der Waals surface area contributed by atoms with Crippen LogP contribution in [0.5, 0.6) is 0 Å². The van der Waals surface area contributed by atoms with Crippen LogP contribution in [0.2, 0.25) is 0 Å². The molecule has 0 fully saturated rings. The Morgan fingerprint density at radius 3 is 2.73 bits per heavy atom. The third-order valence-electron chi connectivity index (χ3n) is 4.64. The van der Waals surface area contributed by atoms with E-state index in [0.29, 0.717) is 34.4 Å². The van der Waals surface area contributed by atoms with Crippen LogP contribution in [0, 0.1) is 6.92 Å². The van der Waals surface area contributed by atoms with Gasteiger partial charge in [0.1, 0.15) is 0 Å². The van der Waals surface area contributed by atoms with Gasteiger partial charge in [0.25, 0.3) is 11.8 Å². The van der Waals surface area contributed by atoms with Crippen molar-refractivity contribution in [3.05, 3.63) is 75.7 Å². The highest BCUT2D eigenvalue weighted by atomic mass is 32.1. The predicted molar refractivity (Wildman–Crippen MR) is 118 cm³/mol. The number of thiophene rings is 1. The van der Waals surface area contributed by atoms with E-state index in [1.54, 1.807) is 66.6 Å². The Kier molecular flexibility index (Phi) is 5.33. The molecule has 7 nitrogen and oxygen atoms in total. The molecule has 0 aliphatic heterocycles. The first kappa shape index (κ1) is 19.8. The molecule has 0 aliphatic rings. The van der Waals surface area contributed by atoms with E-state index >= 15 is 0 Å². The van der Waals surface area contributed by atoms with Crippen LogP contribution in [-0.2, 0) is 6.54 Å². The van der Waals surface area contributed by atoms with Crippen molar-refractivity contribution in [3.63, 3.8) is 0 Å². The standard InChI is InChI=1S/C22H21N5O2S/c1-14-10-18(19-12-23-27(20(19)24-14)13-17-8-5-9-30-17)21(28)25-16-7-4-6-15(11-16)22(29)26(2)3/h4-12H,13H2,1-3H3,(H,25,28). The zero-order valence-corrected chi connectivity index (χ0v) is 17.7. The van der Waals surface area contributed by atoms with E-state index < -0.39 is 0 Å². The lowest BCUT2D eigenvalue weighted by Gasteiger charge is -2.12. The van der Waals surface area contributed by atoms with Gasteiger partial charge in [0.15, 0.2) is 5.65 Å². The van der Waals surface area contributed by atoms with Gasteiger partial charge in [-0.1, -0.05) is 12.1 Å². The van der Waals surface area contributed by atoms with Crippen LogP contribution in [0.4, 0.5) is 5.69 Å². The number of aromatic nitrogens is 3. The van der Waals surface area contributed by atoms with E-state index in [4.69, 9.17) is 0 Å². The fourth-order valence-electron chi connectivity index (χ4n) is 3.21. The molecule has 1 N–H and O–H groups in total. The van der Waals surface area contributed by atoms with Crippen LogP contribution in [0.15, 0.2) is 54.0 Å². The lowest BCUT2D eigenvalue weighted by molar-refractivity contribution is 0.0827. The molecule has 0 saturated heterocycles. The van der Waals surface area contributed by atoms with Gasteiger partial charge < -0.3 is 10.2 Å². The molecule has 4 rings (SSSR count). The van der Waals surface area contributed by atoms with E-state index in [2.05, 4.69) is 15.4 Å². The highest BCUT2D eigenvalue weighted by Gasteiger charge is 2.17. The quantitative estimate of drug-likeness (QED) is 0.534. The number of aryl methyl sites for hydroxylation is 1. The summed E-state index contributed by atoms with van der Waals surface area (Å²) in [7, 11) is 3.38. The average Bonchev–Trinajstić information content (AvgIpc) is 3.37. The first-order valence-electron chi connectivity index (χ1n) is 9.41. The normalized spacial score (nSPS) is 10.9. The van der Waals surface area contributed by atoms with Gasteiger partial charge in [-0.2, -0.15) is 5.10 Å². The highest BCUT2D eigenvalue weighted by molar-refractivity contribution is 7.09. The molecule has 30 heavy (non-hydrogen) atoms. The lowest BCUT2D eigenvalue weighted by Crippen LogP contribution is -2.22. The molecular weight excluding hydrogens is 398 g/mol. The van der Waals surface area contributed by atoms with Crippen molar-refractivity contribution in [2.24, 2.45) is 0 Å². The second kappa shape index (κ2) is 8.08. The number of anilines is 1. The van der Waals surface area contributed by atoms with E-state index in [9.17, 15) is 9.59 Å². The minimum atomic E-state index is -0.268. The van der Waals surface area contributed by atoms with Crippen LogP contribution in [0.25, 0.3) is 11.0 Å². The maximum atomic E-state index is 13.1. The van der Waals surface area contributed by atoms with Gasteiger partial charge in [0.05, 0.1) is 23.7 Å². The molecule has 0 unspecified atom stereocenters. The average molecular weight is 420 g/mol. The molecule has 3 aromatic heterocycles. The fraction of sp³-hybridized carbons (Fsp3) is 0.182. The maximum absolute atomic E-state index is 13.1. The number of carbonyl (C=O) groups excluding carboxylic acids is 2. The van der Waals surface area contributed by atoms with Crippen molar-refractivity contribution < 1.29 is 9.59 Å². The Hall–Kier alpha value is -3.52. The molecule has 8 heteroatoms. The Bertz CT molecular complexity index is 1230. The number of hydrogen-bond donors (Lipinski definition) is 1. The molecule has 0 saturated carbocycles. The van der Waals surface area contributed by atoms with Crippen LogP contribution in [0.3, 0.4) is 0 Å². The summed E-state index contributed by atoms with van der Waals surface area (Å²) in [5, 5.41) is 10.1. The van der Waals surface area contributed by atoms with Crippen molar-refractivity contribution in [1.82, 2.24) is 19.7 Å². The van der Waals surface area contributed by atoms with Crippen molar-refractivity contribution in [2.45, 2.75) is 13.5 Å². The van der Waals surface area contributed by atoms with E-state index in [-0.39, 0.29) is 11.8 Å². The summed E-state index contributed by atoms with van der Waals surface area (Å²) in [6, 6.07) is 12.7. The largest absolute Gasteiger partial charge is 0.345 e. The number of nitrogens with one attached hydrogen (secondary N) is 1. The van der Waals surface area contributed by atoms with Crippen molar-refractivity contribution in [1.29, 1.82) is 0 Å². The van der Waals surface area contributed by atoms with Crippen LogP contribution < -0.4 is 5.32 Å². The zero-order valence-electron chi connectivity index (χ0n) is 16.9. The molecule has 0 spiro atoms. The van der Waals surface area contributed by atoms with Crippen molar-refractivity contribution >= 4 is 39.9 Å². The lowest BCUT2D eigenvalue weighted by atomic mass is 10.1. The van der Waals surface area contributed by atoms with Crippen LogP contribution in [-0.4, -0.2) is 45.6 Å². The third-order valence-corrected chi connectivity index (χ3v) is 5.50. The predicted octanol–water partition coefficient (Wildman–Crippen LogP) is 3.80. The molecule has 1 aromatic carbocycles. The molecule has 0 atom stereocenters. The van der Waals surface area contributed by atoms with Gasteiger partial charge in [0, 0.05) is 35.9 Å². The molecular formula is C22H21N5O2S. The van der Waals surface area contributed by atoms with Crippen molar-refractivity contribution in [3.8, 4) is 0 Å². The summed E-state index contributed by atoms with van der Waals surface area (Å²) < 4.78 is 1.81. The first-order chi connectivity index (χ1) is 14.4. The third kappa shape index (κ3) is 3.95. The molecule has 0 bridgehead atoms. The summed E-state index contributed by atoms with van der Waals surface area (Å²) in [5.74, 6) is -0.390. The Balaban J connectivity index is 1.65. The number of hydrogen-bond acceptors (Lipinski definition) is 5. The van der Waals surface area contributed by atoms with Crippen LogP contribution >= 0.6 is 11.3 Å². The Morgan fingerprint density at radius 2 is 2.00 bits per heavy atom. The number of pyridine rings is 1. The SMILES string of the molecule is Cc1cc(C(=O)Nc2cccc(C(=O)N(C)C)c2)c2cnn(Cc3cccs3)c2n1. The smallest absolute Gasteiger partial charge is 0.256 e. The van der Waals surface area contributed by atoms with Gasteiger partial charge in [-0.25, -0.2) is 9.67 Å². The zero-order chi connectivity index (χ0) is 21.3. The minimum absolute atomic E-state index is 0.122. The Labute approximate surface area is 178 Å². The summed E-state index contributed by atoms with van der Waals surface area (Å²) in [6.45, 7) is 2.46. The number of rotatable bonds is 5. The number of nitrogens with zero attached hydrogens (tertiary/aromatic N) is 4.